The van der Waals surface area contributed by atoms with Gasteiger partial charge in [0.2, 0.25) is 0 Å². The van der Waals surface area contributed by atoms with E-state index in [0.717, 1.165) is 11.6 Å². The SMILES string of the molecule is CN=Nc1cc(C)c(N=Nc2cc(C)c(N=Nc3ccc4cc(S(=O)(=O)O)cc(S(=O)(=O)O)c4c3)cc2OC)cc1OC. The van der Waals surface area contributed by atoms with E-state index in [1.807, 2.05) is 6.92 Å². The number of ether oxygens (including phenoxy) is 2. The summed E-state index contributed by atoms with van der Waals surface area (Å²) in [6.45, 7) is 3.63. The molecular weight excluding hydrogens is 600 g/mol. The third kappa shape index (κ3) is 7.06. The number of methoxy groups -OCH3 is 2. The topological polar surface area (TPSA) is 201 Å². The van der Waals surface area contributed by atoms with E-state index in [1.54, 1.807) is 38.2 Å². The van der Waals surface area contributed by atoms with Gasteiger partial charge < -0.3 is 9.47 Å². The van der Waals surface area contributed by atoms with E-state index in [2.05, 4.69) is 30.7 Å². The lowest BCUT2D eigenvalue weighted by atomic mass is 10.1. The van der Waals surface area contributed by atoms with Gasteiger partial charge in [-0.2, -0.15) is 42.4 Å². The van der Waals surface area contributed by atoms with Crippen LogP contribution in [0, 0.1) is 13.8 Å². The molecule has 0 bridgehead atoms. The summed E-state index contributed by atoms with van der Waals surface area (Å²) in [6.07, 6.45) is 0. The van der Waals surface area contributed by atoms with Crippen LogP contribution >= 0.6 is 0 Å². The fourth-order valence-electron chi connectivity index (χ4n) is 4.06. The van der Waals surface area contributed by atoms with Crippen LogP contribution < -0.4 is 9.47 Å². The minimum absolute atomic E-state index is 0.0193. The molecular formula is C27H26N6O8S2. The Morgan fingerprint density at radius 3 is 1.67 bits per heavy atom. The Bertz CT molecular complexity index is 2040. The van der Waals surface area contributed by atoms with Gasteiger partial charge in [0.1, 0.15) is 27.8 Å². The summed E-state index contributed by atoms with van der Waals surface area (Å²) < 4.78 is 77.1. The highest BCUT2D eigenvalue weighted by molar-refractivity contribution is 7.86. The van der Waals surface area contributed by atoms with Gasteiger partial charge in [-0.05, 0) is 66.8 Å². The van der Waals surface area contributed by atoms with Crippen LogP contribution in [0.25, 0.3) is 10.8 Å². The van der Waals surface area contributed by atoms with Crippen LogP contribution in [-0.4, -0.2) is 47.2 Å². The highest BCUT2D eigenvalue weighted by atomic mass is 32.2. The number of aryl methyl sites for hydroxylation is 2. The summed E-state index contributed by atoms with van der Waals surface area (Å²) in [5.41, 5.74) is 3.63. The van der Waals surface area contributed by atoms with Gasteiger partial charge in [-0.25, -0.2) is 0 Å². The van der Waals surface area contributed by atoms with Gasteiger partial charge in [0.15, 0.2) is 0 Å². The zero-order valence-electron chi connectivity index (χ0n) is 23.5. The molecule has 4 aromatic rings. The fraction of sp³-hybridized carbons (Fsp3) is 0.185. The maximum atomic E-state index is 12.0. The predicted octanol–water partition coefficient (Wildman–Crippen LogP) is 7.51. The molecule has 0 atom stereocenters. The van der Waals surface area contributed by atoms with E-state index < -0.39 is 30.0 Å². The van der Waals surface area contributed by atoms with Crippen molar-refractivity contribution in [3.05, 3.63) is 65.7 Å². The van der Waals surface area contributed by atoms with Gasteiger partial charge in [0, 0.05) is 24.6 Å². The highest BCUT2D eigenvalue weighted by Crippen LogP contribution is 2.39. The smallest absolute Gasteiger partial charge is 0.295 e. The molecule has 16 heteroatoms. The largest absolute Gasteiger partial charge is 0.494 e. The first-order chi connectivity index (χ1) is 20.2. The van der Waals surface area contributed by atoms with Gasteiger partial charge in [-0.1, -0.05) is 6.07 Å². The average Bonchev–Trinajstić information content (AvgIpc) is 2.94. The number of hydrogen-bond acceptors (Lipinski definition) is 12. The van der Waals surface area contributed by atoms with E-state index in [9.17, 15) is 25.9 Å². The van der Waals surface area contributed by atoms with Crippen LogP contribution in [0.15, 0.2) is 95.1 Å². The lowest BCUT2D eigenvalue weighted by Crippen LogP contribution is -2.04. The Morgan fingerprint density at radius 1 is 0.628 bits per heavy atom. The first kappa shape index (κ1) is 31.3. The van der Waals surface area contributed by atoms with Gasteiger partial charge >= 0.3 is 0 Å². The number of rotatable bonds is 9. The maximum absolute atomic E-state index is 12.0. The van der Waals surface area contributed by atoms with Crippen LogP contribution in [0.3, 0.4) is 0 Å². The van der Waals surface area contributed by atoms with Crippen molar-refractivity contribution in [2.24, 2.45) is 30.7 Å². The molecule has 43 heavy (non-hydrogen) atoms. The number of azo groups is 3. The molecule has 0 aliphatic heterocycles. The fourth-order valence-corrected chi connectivity index (χ4v) is 5.41. The quantitative estimate of drug-likeness (QED) is 0.140. The lowest BCUT2D eigenvalue weighted by Gasteiger charge is -2.09. The standard InChI is InChI=1S/C27H26N6O8S2/c1-15-8-23(30-28-3)25(40-4)14-22(15)32-33-24-9-16(2)21(13-26(24)41-5)31-29-18-7-6-17-10-19(42(34,35)36)12-27(20(17)11-18)43(37,38)39/h6-14H,1-5H3,(H,34,35,36)(H,37,38,39). The van der Waals surface area contributed by atoms with Crippen molar-refractivity contribution in [3.63, 3.8) is 0 Å². The maximum Gasteiger partial charge on any atom is 0.295 e. The Labute approximate surface area is 247 Å². The molecule has 0 aliphatic carbocycles. The van der Waals surface area contributed by atoms with Gasteiger partial charge in [0.25, 0.3) is 20.2 Å². The van der Waals surface area contributed by atoms with Crippen molar-refractivity contribution >= 4 is 59.4 Å². The van der Waals surface area contributed by atoms with Crippen LogP contribution in [0.5, 0.6) is 11.5 Å². The summed E-state index contributed by atoms with van der Waals surface area (Å²) in [5, 5.41) is 25.1. The van der Waals surface area contributed by atoms with Gasteiger partial charge in [-0.15, -0.1) is 5.11 Å². The molecule has 14 nitrogen and oxygen atoms in total. The van der Waals surface area contributed by atoms with Crippen molar-refractivity contribution in [1.29, 1.82) is 0 Å². The second-order valence-electron chi connectivity index (χ2n) is 9.10. The van der Waals surface area contributed by atoms with E-state index in [1.165, 1.54) is 32.4 Å². The third-order valence-corrected chi connectivity index (χ3v) is 7.92. The molecule has 0 aromatic heterocycles. The number of fused-ring (bicyclic) bond motifs is 1. The van der Waals surface area contributed by atoms with E-state index in [0.29, 0.717) is 45.9 Å². The summed E-state index contributed by atoms with van der Waals surface area (Å²) in [6, 6.07) is 12.7. The van der Waals surface area contributed by atoms with Gasteiger partial charge in [0.05, 0.1) is 36.2 Å². The third-order valence-electron chi connectivity index (χ3n) is 6.19. The summed E-state index contributed by atoms with van der Waals surface area (Å²) in [7, 11) is -5.04. The molecule has 4 aromatic carbocycles. The Balaban J connectivity index is 1.70. The predicted molar refractivity (Wildman–Crippen MR) is 158 cm³/mol. The molecule has 4 rings (SSSR count). The van der Waals surface area contributed by atoms with Crippen LogP contribution in [0.1, 0.15) is 11.1 Å². The molecule has 0 saturated heterocycles. The molecule has 2 N–H and O–H groups in total. The zero-order valence-corrected chi connectivity index (χ0v) is 25.2. The molecule has 0 spiro atoms. The van der Waals surface area contributed by atoms with Gasteiger partial charge in [-0.3, -0.25) is 9.11 Å². The van der Waals surface area contributed by atoms with Crippen molar-refractivity contribution in [2.75, 3.05) is 21.3 Å². The van der Waals surface area contributed by atoms with Crippen molar-refractivity contribution in [3.8, 4) is 11.5 Å². The monoisotopic (exact) mass is 626 g/mol. The normalized spacial score (nSPS) is 12.6. The minimum atomic E-state index is -4.85. The first-order valence-corrected chi connectivity index (χ1v) is 15.2. The average molecular weight is 627 g/mol. The molecule has 224 valence electrons. The molecule has 0 unspecified atom stereocenters. The van der Waals surface area contributed by atoms with Crippen molar-refractivity contribution in [2.45, 2.75) is 23.6 Å². The van der Waals surface area contributed by atoms with Crippen LogP contribution in [0.4, 0.5) is 28.4 Å². The second-order valence-corrected chi connectivity index (χ2v) is 11.9. The molecule has 0 fully saturated rings. The Hall–Kier alpha value is -4.64. The summed E-state index contributed by atoms with van der Waals surface area (Å²) in [4.78, 5) is -1.39. The Kier molecular flexibility index (Phi) is 8.96. The summed E-state index contributed by atoms with van der Waals surface area (Å²) >= 11 is 0. The molecule has 0 amide bonds. The number of nitrogens with zero attached hydrogens (tertiary/aromatic N) is 6. The number of hydrogen-bond donors (Lipinski definition) is 2. The molecule has 0 radical (unpaired) electrons. The zero-order chi connectivity index (χ0) is 31.5. The second kappa shape index (κ2) is 12.3. The summed E-state index contributed by atoms with van der Waals surface area (Å²) in [5.74, 6) is 0.842. The van der Waals surface area contributed by atoms with Crippen molar-refractivity contribution < 1.29 is 35.4 Å². The molecule has 0 saturated carbocycles. The van der Waals surface area contributed by atoms with E-state index in [-0.39, 0.29) is 16.5 Å². The lowest BCUT2D eigenvalue weighted by molar-refractivity contribution is 0.415. The van der Waals surface area contributed by atoms with E-state index in [4.69, 9.17) is 9.47 Å². The first-order valence-electron chi connectivity index (χ1n) is 12.3. The molecule has 0 heterocycles. The molecule has 0 aliphatic rings. The highest BCUT2D eigenvalue weighted by Gasteiger charge is 2.21. The Morgan fingerprint density at radius 2 is 1.16 bits per heavy atom. The van der Waals surface area contributed by atoms with Crippen LogP contribution in [-0.2, 0) is 20.2 Å². The number of benzene rings is 4. The van der Waals surface area contributed by atoms with E-state index >= 15 is 0 Å². The van der Waals surface area contributed by atoms with Crippen LogP contribution in [0.2, 0.25) is 0 Å². The van der Waals surface area contributed by atoms with Crippen molar-refractivity contribution in [1.82, 2.24) is 0 Å². The minimum Gasteiger partial charge on any atom is -0.494 e.